The van der Waals surface area contributed by atoms with Crippen LogP contribution in [0.15, 0.2) is 54.6 Å². The molecule has 0 amide bonds. The zero-order valence-electron chi connectivity index (χ0n) is 15.3. The van der Waals surface area contributed by atoms with Gasteiger partial charge in [-0.25, -0.2) is 0 Å². The molecule has 0 saturated heterocycles. The van der Waals surface area contributed by atoms with Crippen LogP contribution < -0.4 is 0 Å². The summed E-state index contributed by atoms with van der Waals surface area (Å²) in [7, 11) is 0. The van der Waals surface area contributed by atoms with Crippen molar-refractivity contribution in [3.8, 4) is 0 Å². The molecule has 1 aromatic carbocycles. The number of ketones is 1. The maximum absolute atomic E-state index is 13.0. The van der Waals surface area contributed by atoms with Gasteiger partial charge in [-0.15, -0.1) is 0 Å². The van der Waals surface area contributed by atoms with Crippen LogP contribution in [0.1, 0.15) is 39.2 Å². The Hall–Kier alpha value is -1.71. The quantitative estimate of drug-likeness (QED) is 0.822. The van der Waals surface area contributed by atoms with Gasteiger partial charge in [-0.05, 0) is 23.8 Å². The van der Waals surface area contributed by atoms with Gasteiger partial charge in [0.25, 0.3) is 0 Å². The van der Waals surface area contributed by atoms with E-state index >= 15 is 0 Å². The number of hydrogen-bond acceptors (Lipinski definition) is 3. The van der Waals surface area contributed by atoms with Crippen molar-refractivity contribution in [2.24, 2.45) is 16.7 Å². The van der Waals surface area contributed by atoms with Crippen molar-refractivity contribution in [2.75, 3.05) is 0 Å². The van der Waals surface area contributed by atoms with E-state index < -0.39 is 23.5 Å². The number of aliphatic hydroxyl groups is 1. The first kappa shape index (κ1) is 18.1. The van der Waals surface area contributed by atoms with Crippen molar-refractivity contribution < 1.29 is 14.6 Å². The van der Waals surface area contributed by atoms with Crippen LogP contribution in [-0.2, 0) is 16.1 Å². The van der Waals surface area contributed by atoms with Crippen LogP contribution in [0.25, 0.3) is 0 Å². The van der Waals surface area contributed by atoms with Gasteiger partial charge in [-0.2, -0.15) is 0 Å². The highest BCUT2D eigenvalue weighted by atomic mass is 16.5. The lowest BCUT2D eigenvalue weighted by atomic mass is 9.74. The molecule has 25 heavy (non-hydrogen) atoms. The van der Waals surface area contributed by atoms with E-state index in [9.17, 15) is 9.90 Å². The SMILES string of the molecule is CC1([C@@H](O)[C@H]2CC(C)(C)[C@H](OCc3ccccc3)C2=O)C=CCC=C1. The lowest BCUT2D eigenvalue weighted by Gasteiger charge is -2.33. The molecule has 3 rings (SSSR count). The molecule has 0 heterocycles. The molecule has 0 spiro atoms. The molecule has 3 atom stereocenters. The second-order valence-corrected chi connectivity index (χ2v) is 8.23. The molecule has 1 fully saturated rings. The van der Waals surface area contributed by atoms with Crippen LogP contribution in [0.3, 0.4) is 0 Å². The molecule has 0 unspecified atom stereocenters. The molecule has 0 aromatic heterocycles. The first-order chi connectivity index (χ1) is 11.8. The second kappa shape index (κ2) is 6.89. The van der Waals surface area contributed by atoms with Crippen LogP contribution in [0.5, 0.6) is 0 Å². The van der Waals surface area contributed by atoms with Crippen molar-refractivity contribution in [3.63, 3.8) is 0 Å². The summed E-state index contributed by atoms with van der Waals surface area (Å²) in [6.45, 7) is 6.52. The Morgan fingerprint density at radius 2 is 1.80 bits per heavy atom. The van der Waals surface area contributed by atoms with Crippen molar-refractivity contribution in [2.45, 2.75) is 52.4 Å². The Bertz CT molecular complexity index is 660. The highest BCUT2D eigenvalue weighted by Crippen LogP contribution is 2.46. The van der Waals surface area contributed by atoms with Crippen molar-refractivity contribution in [3.05, 3.63) is 60.2 Å². The summed E-state index contributed by atoms with van der Waals surface area (Å²) in [5, 5.41) is 11.0. The number of carbonyl (C=O) groups is 1. The highest BCUT2D eigenvalue weighted by molar-refractivity contribution is 5.89. The summed E-state index contributed by atoms with van der Waals surface area (Å²) in [6.07, 6.45) is 8.48. The maximum Gasteiger partial charge on any atom is 0.167 e. The van der Waals surface area contributed by atoms with Gasteiger partial charge in [0.1, 0.15) is 6.10 Å². The maximum atomic E-state index is 13.0. The monoisotopic (exact) mass is 340 g/mol. The molecule has 3 heteroatoms. The molecular formula is C22H28O3. The Labute approximate surface area is 150 Å². The largest absolute Gasteiger partial charge is 0.391 e. The van der Waals surface area contributed by atoms with Gasteiger partial charge in [-0.3, -0.25) is 4.79 Å². The standard InChI is InChI=1S/C22H28O3/c1-21(2)14-17(19(24)22(3)12-8-5-9-13-22)18(23)20(21)25-15-16-10-6-4-7-11-16/h4,6-13,17,19-20,24H,5,14-15H2,1-3H3/t17-,19-,20+/m0/s1. The molecular weight excluding hydrogens is 312 g/mol. The number of allylic oxidation sites excluding steroid dienone is 2. The van der Waals surface area contributed by atoms with Gasteiger partial charge < -0.3 is 9.84 Å². The number of hydrogen-bond donors (Lipinski definition) is 1. The normalized spacial score (nSPS) is 28.2. The molecule has 0 bridgehead atoms. The summed E-state index contributed by atoms with van der Waals surface area (Å²) in [5.41, 5.74) is 0.291. The third kappa shape index (κ3) is 3.63. The Balaban J connectivity index is 1.73. The van der Waals surface area contributed by atoms with Crippen LogP contribution in [0.4, 0.5) is 0 Å². The zero-order chi connectivity index (χ0) is 18.1. The number of ether oxygens (including phenoxy) is 1. The van der Waals surface area contributed by atoms with Crippen LogP contribution in [-0.4, -0.2) is 23.1 Å². The van der Waals surface area contributed by atoms with E-state index in [2.05, 4.69) is 26.0 Å². The van der Waals surface area contributed by atoms with Gasteiger partial charge in [0.2, 0.25) is 0 Å². The predicted molar refractivity (Wildman–Crippen MR) is 98.9 cm³/mol. The Morgan fingerprint density at radius 1 is 1.16 bits per heavy atom. The van der Waals surface area contributed by atoms with E-state index in [1.165, 1.54) is 0 Å². The Morgan fingerprint density at radius 3 is 2.44 bits per heavy atom. The summed E-state index contributed by atoms with van der Waals surface area (Å²) >= 11 is 0. The summed E-state index contributed by atoms with van der Waals surface area (Å²) in [6, 6.07) is 9.90. The van der Waals surface area contributed by atoms with E-state index in [0.29, 0.717) is 13.0 Å². The lowest BCUT2D eigenvalue weighted by molar-refractivity contribution is -0.138. The van der Waals surface area contributed by atoms with Crippen molar-refractivity contribution in [1.29, 1.82) is 0 Å². The van der Waals surface area contributed by atoms with Crippen LogP contribution in [0, 0.1) is 16.7 Å². The fourth-order valence-electron chi connectivity index (χ4n) is 4.09. The predicted octanol–water partition coefficient (Wildman–Crippen LogP) is 4.07. The van der Waals surface area contributed by atoms with E-state index in [1.54, 1.807) is 0 Å². The van der Waals surface area contributed by atoms with Gasteiger partial charge in [0, 0.05) is 11.3 Å². The van der Waals surface area contributed by atoms with Crippen molar-refractivity contribution >= 4 is 5.78 Å². The van der Waals surface area contributed by atoms with Crippen LogP contribution >= 0.6 is 0 Å². The molecule has 1 aromatic rings. The average molecular weight is 340 g/mol. The summed E-state index contributed by atoms with van der Waals surface area (Å²) in [5.74, 6) is -0.366. The van der Waals surface area contributed by atoms with Gasteiger partial charge in [0.15, 0.2) is 5.78 Å². The smallest absolute Gasteiger partial charge is 0.167 e. The molecule has 2 aliphatic rings. The topological polar surface area (TPSA) is 46.5 Å². The van der Waals surface area contributed by atoms with Gasteiger partial charge in [0.05, 0.1) is 12.7 Å². The highest BCUT2D eigenvalue weighted by Gasteiger charge is 2.53. The first-order valence-electron chi connectivity index (χ1n) is 9.06. The zero-order valence-corrected chi connectivity index (χ0v) is 15.3. The van der Waals surface area contributed by atoms with E-state index in [4.69, 9.17) is 4.74 Å². The lowest BCUT2D eigenvalue weighted by Crippen LogP contribution is -2.40. The molecule has 0 aliphatic heterocycles. The Kier molecular flexibility index (Phi) is 4.99. The number of carbonyl (C=O) groups excluding carboxylic acids is 1. The minimum atomic E-state index is -0.725. The third-order valence-corrected chi connectivity index (χ3v) is 5.58. The van der Waals surface area contributed by atoms with E-state index in [-0.39, 0.29) is 11.2 Å². The molecule has 0 radical (unpaired) electrons. The fourth-order valence-corrected chi connectivity index (χ4v) is 4.09. The number of aliphatic hydroxyl groups excluding tert-OH is 1. The first-order valence-corrected chi connectivity index (χ1v) is 9.06. The summed E-state index contributed by atoms with van der Waals surface area (Å²) < 4.78 is 6.02. The molecule has 134 valence electrons. The second-order valence-electron chi connectivity index (χ2n) is 8.23. The van der Waals surface area contributed by atoms with Crippen molar-refractivity contribution in [1.82, 2.24) is 0 Å². The number of Topliss-reactive ketones (excluding diaryl/α,β-unsaturated/α-hetero) is 1. The molecule has 1 N–H and O–H groups in total. The third-order valence-electron chi connectivity index (χ3n) is 5.58. The van der Waals surface area contributed by atoms with Crippen LogP contribution in [0.2, 0.25) is 0 Å². The van der Waals surface area contributed by atoms with E-state index in [1.807, 2.05) is 49.4 Å². The van der Waals surface area contributed by atoms with Gasteiger partial charge in [-0.1, -0.05) is 75.4 Å². The number of rotatable bonds is 5. The molecule has 2 aliphatic carbocycles. The average Bonchev–Trinajstić information content (AvgIpc) is 2.83. The fraction of sp³-hybridized carbons (Fsp3) is 0.500. The van der Waals surface area contributed by atoms with Gasteiger partial charge >= 0.3 is 0 Å². The number of benzene rings is 1. The summed E-state index contributed by atoms with van der Waals surface area (Å²) in [4.78, 5) is 13.0. The van der Waals surface area contributed by atoms with E-state index in [0.717, 1.165) is 12.0 Å². The molecule has 1 saturated carbocycles. The minimum absolute atomic E-state index is 0.0297. The minimum Gasteiger partial charge on any atom is -0.391 e. The molecule has 3 nitrogen and oxygen atoms in total.